The molecule has 0 spiro atoms. The van der Waals surface area contributed by atoms with Gasteiger partial charge in [0.25, 0.3) is 5.91 Å². The Balaban J connectivity index is 1.71. The number of hydrogen-bond donors (Lipinski definition) is 0. The average Bonchev–Trinajstić information content (AvgIpc) is 3.24. The van der Waals surface area contributed by atoms with Gasteiger partial charge < -0.3 is 14.2 Å². The molecule has 1 aromatic rings. The molecule has 2 fully saturated rings. The van der Waals surface area contributed by atoms with E-state index in [1.165, 1.54) is 0 Å². The van der Waals surface area contributed by atoms with E-state index in [2.05, 4.69) is 17.1 Å². The van der Waals surface area contributed by atoms with Gasteiger partial charge in [-0.15, -0.1) is 0 Å². The summed E-state index contributed by atoms with van der Waals surface area (Å²) in [6, 6.07) is -0.0756. The molecule has 0 bridgehead atoms. The van der Waals surface area contributed by atoms with Crippen LogP contribution in [0.3, 0.4) is 0 Å². The first-order chi connectivity index (χ1) is 10.8. The molecule has 2 aliphatic heterocycles. The Bertz CT molecular complexity index is 497. The first kappa shape index (κ1) is 15.5. The monoisotopic (exact) mass is 307 g/mol. The van der Waals surface area contributed by atoms with Crippen LogP contribution in [0.2, 0.25) is 0 Å². The number of hydrogen-bond acceptors (Lipinski definition) is 5. The molecular weight excluding hydrogens is 282 g/mol. The lowest BCUT2D eigenvalue weighted by molar-refractivity contribution is -0.145. The van der Waals surface area contributed by atoms with Crippen molar-refractivity contribution in [3.63, 3.8) is 0 Å². The number of rotatable bonds is 5. The number of ether oxygens (including phenoxy) is 1. The van der Waals surface area contributed by atoms with E-state index in [1.54, 1.807) is 0 Å². The van der Waals surface area contributed by atoms with Gasteiger partial charge in [-0.2, -0.15) is 4.98 Å². The molecule has 6 nitrogen and oxygen atoms in total. The molecule has 2 saturated heterocycles. The van der Waals surface area contributed by atoms with E-state index >= 15 is 0 Å². The lowest BCUT2D eigenvalue weighted by Gasteiger charge is -2.34. The summed E-state index contributed by atoms with van der Waals surface area (Å²) in [4.78, 5) is 19.1. The Morgan fingerprint density at radius 2 is 2.23 bits per heavy atom. The number of unbranched alkanes of at least 4 members (excludes halogenated alkanes) is 1. The number of carbonyl (C=O) groups excluding carboxylic acids is 1. The summed E-state index contributed by atoms with van der Waals surface area (Å²) in [5.41, 5.74) is 0. The summed E-state index contributed by atoms with van der Waals surface area (Å²) in [6.07, 6.45) is 7.55. The fraction of sp³-hybridized carbons (Fsp3) is 0.812. The van der Waals surface area contributed by atoms with Gasteiger partial charge in [0.1, 0.15) is 12.1 Å². The molecule has 1 aromatic heterocycles. The molecule has 22 heavy (non-hydrogen) atoms. The highest BCUT2D eigenvalue weighted by Gasteiger charge is 2.36. The minimum atomic E-state index is -0.275. The molecule has 6 heteroatoms. The molecule has 0 aliphatic carbocycles. The average molecular weight is 307 g/mol. The van der Waals surface area contributed by atoms with Crippen molar-refractivity contribution in [1.29, 1.82) is 0 Å². The van der Waals surface area contributed by atoms with Crippen molar-refractivity contribution in [2.45, 2.75) is 70.4 Å². The van der Waals surface area contributed by atoms with Crippen LogP contribution in [0.15, 0.2) is 4.52 Å². The van der Waals surface area contributed by atoms with Crippen molar-refractivity contribution < 1.29 is 14.1 Å². The number of aromatic nitrogens is 2. The molecule has 2 aliphatic rings. The van der Waals surface area contributed by atoms with E-state index in [9.17, 15) is 4.79 Å². The van der Waals surface area contributed by atoms with Crippen molar-refractivity contribution in [2.75, 3.05) is 13.2 Å². The third kappa shape index (κ3) is 3.32. The van der Waals surface area contributed by atoms with Gasteiger partial charge in [0.2, 0.25) is 5.89 Å². The van der Waals surface area contributed by atoms with E-state index in [-0.39, 0.29) is 18.1 Å². The Hall–Kier alpha value is -1.43. The second kappa shape index (κ2) is 7.22. The Morgan fingerprint density at radius 3 is 3.00 bits per heavy atom. The Kier molecular flexibility index (Phi) is 5.08. The van der Waals surface area contributed by atoms with Crippen LogP contribution in [0.25, 0.3) is 0 Å². The maximum absolute atomic E-state index is 12.7. The Morgan fingerprint density at radius 1 is 1.32 bits per heavy atom. The smallest absolute Gasteiger partial charge is 0.252 e. The summed E-state index contributed by atoms with van der Waals surface area (Å²) in [7, 11) is 0. The van der Waals surface area contributed by atoms with Gasteiger partial charge in [-0.1, -0.05) is 18.5 Å². The SMILES string of the molecule is CCCCc1noc([C@H]2CCCCN2C(=O)[C@@H]2CCCO2)n1. The van der Waals surface area contributed by atoms with E-state index in [4.69, 9.17) is 9.26 Å². The van der Waals surface area contributed by atoms with Crippen LogP contribution in [0.5, 0.6) is 0 Å². The zero-order chi connectivity index (χ0) is 15.4. The predicted molar refractivity (Wildman–Crippen MR) is 80.2 cm³/mol. The third-order valence-electron chi connectivity index (χ3n) is 4.51. The van der Waals surface area contributed by atoms with Crippen molar-refractivity contribution in [3.05, 3.63) is 11.7 Å². The molecule has 1 amide bonds. The van der Waals surface area contributed by atoms with Crippen LogP contribution < -0.4 is 0 Å². The fourth-order valence-electron chi connectivity index (χ4n) is 3.25. The van der Waals surface area contributed by atoms with Gasteiger partial charge in [0.05, 0.1) is 0 Å². The standard InChI is InChI=1S/C16H25N3O3/c1-2-3-9-14-17-15(22-18-14)12-7-4-5-10-19(12)16(20)13-8-6-11-21-13/h12-13H,2-11H2,1H3/t12-,13+/m1/s1. The molecule has 0 N–H and O–H groups in total. The summed E-state index contributed by atoms with van der Waals surface area (Å²) in [5, 5.41) is 4.06. The molecule has 0 saturated carbocycles. The number of carbonyl (C=O) groups is 1. The van der Waals surface area contributed by atoms with E-state index in [0.717, 1.165) is 63.7 Å². The van der Waals surface area contributed by atoms with E-state index in [0.29, 0.717) is 12.5 Å². The van der Waals surface area contributed by atoms with Gasteiger partial charge in [0.15, 0.2) is 5.82 Å². The molecule has 0 aromatic carbocycles. The minimum Gasteiger partial charge on any atom is -0.368 e. The van der Waals surface area contributed by atoms with Crippen LogP contribution >= 0.6 is 0 Å². The molecule has 122 valence electrons. The van der Waals surface area contributed by atoms with Crippen LogP contribution in [-0.2, 0) is 16.0 Å². The number of piperidine rings is 1. The number of aryl methyl sites for hydroxylation is 1. The summed E-state index contributed by atoms with van der Waals surface area (Å²) < 4.78 is 11.0. The van der Waals surface area contributed by atoms with Crippen molar-refractivity contribution in [2.24, 2.45) is 0 Å². The number of amides is 1. The van der Waals surface area contributed by atoms with Crippen molar-refractivity contribution in [3.8, 4) is 0 Å². The van der Waals surface area contributed by atoms with Crippen LogP contribution in [-0.4, -0.2) is 40.2 Å². The largest absolute Gasteiger partial charge is 0.368 e. The second-order valence-corrected chi connectivity index (χ2v) is 6.20. The molecule has 3 rings (SSSR count). The molecule has 3 heterocycles. The van der Waals surface area contributed by atoms with Crippen LogP contribution in [0.4, 0.5) is 0 Å². The zero-order valence-electron chi connectivity index (χ0n) is 13.3. The van der Waals surface area contributed by atoms with Gasteiger partial charge in [0, 0.05) is 19.6 Å². The first-order valence-electron chi connectivity index (χ1n) is 8.54. The lowest BCUT2D eigenvalue weighted by Crippen LogP contribution is -2.44. The van der Waals surface area contributed by atoms with Gasteiger partial charge in [-0.3, -0.25) is 4.79 Å². The lowest BCUT2D eigenvalue weighted by atomic mass is 10.0. The summed E-state index contributed by atoms with van der Waals surface area (Å²) in [5.74, 6) is 1.44. The van der Waals surface area contributed by atoms with Crippen LogP contribution in [0.1, 0.15) is 69.6 Å². The first-order valence-corrected chi connectivity index (χ1v) is 8.54. The molecule has 0 unspecified atom stereocenters. The third-order valence-corrected chi connectivity index (χ3v) is 4.51. The van der Waals surface area contributed by atoms with E-state index < -0.39 is 0 Å². The molecule has 2 atom stereocenters. The highest BCUT2D eigenvalue weighted by molar-refractivity contribution is 5.81. The van der Waals surface area contributed by atoms with Crippen molar-refractivity contribution in [1.82, 2.24) is 15.0 Å². The topological polar surface area (TPSA) is 68.5 Å². The quantitative estimate of drug-likeness (QED) is 0.836. The minimum absolute atomic E-state index is 0.0756. The van der Waals surface area contributed by atoms with Gasteiger partial charge in [-0.05, 0) is 38.5 Å². The number of nitrogens with zero attached hydrogens (tertiary/aromatic N) is 3. The van der Waals surface area contributed by atoms with Crippen molar-refractivity contribution >= 4 is 5.91 Å². The summed E-state index contributed by atoms with van der Waals surface area (Å²) >= 11 is 0. The zero-order valence-corrected chi connectivity index (χ0v) is 13.3. The highest BCUT2D eigenvalue weighted by Crippen LogP contribution is 2.32. The maximum atomic E-state index is 12.7. The Labute approximate surface area is 131 Å². The van der Waals surface area contributed by atoms with E-state index in [1.807, 2.05) is 4.90 Å². The normalized spacial score (nSPS) is 25.6. The fourth-order valence-corrected chi connectivity index (χ4v) is 3.25. The summed E-state index contributed by atoms with van der Waals surface area (Å²) in [6.45, 7) is 3.59. The highest BCUT2D eigenvalue weighted by atomic mass is 16.5. The van der Waals surface area contributed by atoms with Gasteiger partial charge >= 0.3 is 0 Å². The molecule has 0 radical (unpaired) electrons. The van der Waals surface area contributed by atoms with Crippen LogP contribution in [0, 0.1) is 0 Å². The maximum Gasteiger partial charge on any atom is 0.252 e. The number of likely N-dealkylation sites (tertiary alicyclic amines) is 1. The molecular formula is C16H25N3O3. The predicted octanol–water partition coefficient (Wildman–Crippen LogP) is 2.64. The van der Waals surface area contributed by atoms with Gasteiger partial charge in [-0.25, -0.2) is 0 Å². The second-order valence-electron chi connectivity index (χ2n) is 6.20.